The van der Waals surface area contributed by atoms with Gasteiger partial charge in [-0.25, -0.2) is 4.79 Å². The van der Waals surface area contributed by atoms with Gasteiger partial charge in [0.25, 0.3) is 0 Å². The minimum atomic E-state index is -0.849. The van der Waals surface area contributed by atoms with E-state index in [1.807, 2.05) is 24.3 Å². The normalized spacial score (nSPS) is 14.2. The van der Waals surface area contributed by atoms with E-state index in [2.05, 4.69) is 10.8 Å². The molecule has 0 unspecified atom stereocenters. The van der Waals surface area contributed by atoms with Crippen molar-refractivity contribution in [3.05, 3.63) is 24.3 Å². The first-order valence-corrected chi connectivity index (χ1v) is 6.10. The topological polar surface area (TPSA) is 53.0 Å². The zero-order valence-corrected chi connectivity index (χ0v) is 11.8. The molecule has 0 aromatic heterocycles. The molecule has 2 rings (SSSR count). The molecule has 1 aromatic carbocycles. The third-order valence-corrected chi connectivity index (χ3v) is 3.07. The van der Waals surface area contributed by atoms with Crippen LogP contribution in [0.25, 0.3) is 0 Å². The van der Waals surface area contributed by atoms with Gasteiger partial charge in [-0.2, -0.15) is 0 Å². The average Bonchev–Trinajstić information content (AvgIpc) is 2.46. The molecule has 0 radical (unpaired) electrons. The number of nitrogens with zero attached hydrogens (tertiary/aromatic N) is 2. The number of amides is 1. The number of terminal acetylenes is 1. The fourth-order valence-electron chi connectivity index (χ4n) is 2.03. The number of hydrogen-bond acceptors (Lipinski definition) is 3. The summed E-state index contributed by atoms with van der Waals surface area (Å²) in [4.78, 5) is 14.4. The maximum Gasteiger partial charge on any atom is 0.407 e. The van der Waals surface area contributed by atoms with Crippen LogP contribution in [0.2, 0.25) is 0 Å². The zero-order valence-electron chi connectivity index (χ0n) is 11.0. The lowest BCUT2D eigenvalue weighted by Gasteiger charge is -2.34. The monoisotopic (exact) mass is 296 g/mol. The lowest BCUT2D eigenvalue weighted by molar-refractivity contribution is 0.142. The Bertz CT molecular complexity index is 476. The first-order valence-electron chi connectivity index (χ1n) is 6.10. The summed E-state index contributed by atoms with van der Waals surface area (Å²) in [7, 11) is 0. The lowest BCUT2D eigenvalue weighted by atomic mass is 10.2. The molecule has 1 saturated heterocycles. The van der Waals surface area contributed by atoms with E-state index in [4.69, 9.17) is 16.3 Å². The van der Waals surface area contributed by atoms with Crippen molar-refractivity contribution in [2.24, 2.45) is 0 Å². The van der Waals surface area contributed by atoms with Crippen molar-refractivity contribution in [3.63, 3.8) is 0 Å². The first kappa shape index (κ1) is 16.0. The SMILES string of the molecule is C#CCOc1ccc(N2CCN(C(=O)O)CC2)cc1.Cl. The van der Waals surface area contributed by atoms with E-state index >= 15 is 0 Å². The Morgan fingerprint density at radius 1 is 1.25 bits per heavy atom. The smallest absolute Gasteiger partial charge is 0.407 e. The quantitative estimate of drug-likeness (QED) is 0.866. The van der Waals surface area contributed by atoms with Crippen LogP contribution in [0.1, 0.15) is 0 Å². The van der Waals surface area contributed by atoms with Crippen LogP contribution >= 0.6 is 12.4 Å². The van der Waals surface area contributed by atoms with Crippen LogP contribution in [0.15, 0.2) is 24.3 Å². The van der Waals surface area contributed by atoms with Crippen LogP contribution in [0, 0.1) is 12.3 Å². The first-order chi connectivity index (χ1) is 9.20. The summed E-state index contributed by atoms with van der Waals surface area (Å²) in [6.45, 7) is 2.74. The van der Waals surface area contributed by atoms with E-state index in [1.54, 1.807) is 0 Å². The van der Waals surface area contributed by atoms with Crippen LogP contribution in [-0.2, 0) is 0 Å². The van der Waals surface area contributed by atoms with E-state index in [-0.39, 0.29) is 19.0 Å². The maximum absolute atomic E-state index is 10.8. The van der Waals surface area contributed by atoms with Crippen molar-refractivity contribution in [2.75, 3.05) is 37.7 Å². The number of piperazine rings is 1. The van der Waals surface area contributed by atoms with Crippen LogP contribution in [-0.4, -0.2) is 48.9 Å². The van der Waals surface area contributed by atoms with Gasteiger partial charge in [-0.05, 0) is 24.3 Å². The highest BCUT2D eigenvalue weighted by Gasteiger charge is 2.20. The van der Waals surface area contributed by atoms with Gasteiger partial charge in [0.2, 0.25) is 0 Å². The molecule has 0 spiro atoms. The summed E-state index contributed by atoms with van der Waals surface area (Å²) in [5.41, 5.74) is 1.07. The zero-order chi connectivity index (χ0) is 13.7. The predicted octanol–water partition coefficient (Wildman–Crippen LogP) is 1.92. The molecular formula is C14H17ClN2O3. The summed E-state index contributed by atoms with van der Waals surface area (Å²) in [6.07, 6.45) is 4.28. The van der Waals surface area contributed by atoms with Crippen molar-refractivity contribution in [2.45, 2.75) is 0 Å². The second-order valence-electron chi connectivity index (χ2n) is 4.24. The van der Waals surface area contributed by atoms with Crippen molar-refractivity contribution < 1.29 is 14.6 Å². The minimum Gasteiger partial charge on any atom is -0.481 e. The highest BCUT2D eigenvalue weighted by atomic mass is 35.5. The standard InChI is InChI=1S/C14H16N2O3.ClH/c1-2-11-19-13-5-3-12(4-6-13)15-7-9-16(10-8-15)14(17)18;/h1,3-6H,7-11H2,(H,17,18);1H. The molecule has 108 valence electrons. The highest BCUT2D eigenvalue weighted by Crippen LogP contribution is 2.20. The second-order valence-corrected chi connectivity index (χ2v) is 4.24. The van der Waals surface area contributed by atoms with Gasteiger partial charge in [0.05, 0.1) is 0 Å². The Hall–Kier alpha value is -2.06. The van der Waals surface area contributed by atoms with Crippen molar-refractivity contribution in [1.29, 1.82) is 0 Å². The molecule has 20 heavy (non-hydrogen) atoms. The fourth-order valence-corrected chi connectivity index (χ4v) is 2.03. The van der Waals surface area contributed by atoms with E-state index in [0.29, 0.717) is 26.2 Å². The molecule has 1 aliphatic heterocycles. The van der Waals surface area contributed by atoms with Gasteiger partial charge in [-0.3, -0.25) is 0 Å². The van der Waals surface area contributed by atoms with Gasteiger partial charge >= 0.3 is 6.09 Å². The number of hydrogen-bond donors (Lipinski definition) is 1. The van der Waals surface area contributed by atoms with E-state index in [1.165, 1.54) is 4.90 Å². The van der Waals surface area contributed by atoms with Gasteiger partial charge in [-0.15, -0.1) is 18.8 Å². The second kappa shape index (κ2) is 7.51. The summed E-state index contributed by atoms with van der Waals surface area (Å²) >= 11 is 0. The molecule has 1 fully saturated rings. The van der Waals surface area contributed by atoms with Gasteiger partial charge in [-0.1, -0.05) is 5.92 Å². The van der Waals surface area contributed by atoms with Crippen LogP contribution in [0.3, 0.4) is 0 Å². The minimum absolute atomic E-state index is 0. The summed E-state index contributed by atoms with van der Waals surface area (Å²) in [6, 6.07) is 7.66. The summed E-state index contributed by atoms with van der Waals surface area (Å²) in [5, 5.41) is 8.89. The van der Waals surface area contributed by atoms with Crippen LogP contribution in [0.5, 0.6) is 5.75 Å². The molecule has 5 nitrogen and oxygen atoms in total. The largest absolute Gasteiger partial charge is 0.481 e. The highest BCUT2D eigenvalue weighted by molar-refractivity contribution is 5.85. The maximum atomic E-state index is 10.8. The Balaban J connectivity index is 0.00000200. The number of halogens is 1. The molecule has 6 heteroatoms. The van der Waals surface area contributed by atoms with Crippen molar-refractivity contribution in [3.8, 4) is 18.1 Å². The van der Waals surface area contributed by atoms with Crippen LogP contribution in [0.4, 0.5) is 10.5 Å². The summed E-state index contributed by atoms with van der Waals surface area (Å²) in [5.74, 6) is 3.16. The number of anilines is 1. The predicted molar refractivity (Wildman–Crippen MR) is 79.8 cm³/mol. The van der Waals surface area contributed by atoms with Gasteiger partial charge in [0, 0.05) is 31.9 Å². The third-order valence-electron chi connectivity index (χ3n) is 3.07. The average molecular weight is 297 g/mol. The number of ether oxygens (including phenoxy) is 1. The molecule has 0 bridgehead atoms. The van der Waals surface area contributed by atoms with Crippen molar-refractivity contribution >= 4 is 24.2 Å². The fraction of sp³-hybridized carbons (Fsp3) is 0.357. The third kappa shape index (κ3) is 3.97. The molecule has 0 aliphatic carbocycles. The molecule has 1 heterocycles. The van der Waals surface area contributed by atoms with Gasteiger partial charge in [0.15, 0.2) is 0 Å². The number of rotatable bonds is 3. The number of carbonyl (C=O) groups is 1. The lowest BCUT2D eigenvalue weighted by Crippen LogP contribution is -2.48. The Labute approximate surface area is 124 Å². The van der Waals surface area contributed by atoms with E-state index in [0.717, 1.165) is 11.4 Å². The number of carboxylic acid groups (broad SMARTS) is 1. The molecule has 1 aromatic rings. The molecule has 0 atom stereocenters. The Morgan fingerprint density at radius 2 is 1.85 bits per heavy atom. The Morgan fingerprint density at radius 3 is 2.35 bits per heavy atom. The van der Waals surface area contributed by atoms with Gasteiger partial charge in [0.1, 0.15) is 12.4 Å². The van der Waals surface area contributed by atoms with Crippen LogP contribution < -0.4 is 9.64 Å². The van der Waals surface area contributed by atoms with E-state index < -0.39 is 6.09 Å². The molecule has 0 saturated carbocycles. The molecule has 1 N–H and O–H groups in total. The Kier molecular flexibility index (Phi) is 6.01. The number of benzene rings is 1. The summed E-state index contributed by atoms with van der Waals surface area (Å²) < 4.78 is 5.31. The van der Waals surface area contributed by atoms with E-state index in [9.17, 15) is 4.79 Å². The molecule has 1 amide bonds. The van der Waals surface area contributed by atoms with Crippen molar-refractivity contribution in [1.82, 2.24) is 4.90 Å². The molecule has 1 aliphatic rings. The van der Waals surface area contributed by atoms with Gasteiger partial charge < -0.3 is 19.6 Å². The molecular weight excluding hydrogens is 280 g/mol.